The van der Waals surface area contributed by atoms with Crippen LogP contribution in [0, 0.1) is 0 Å². The number of azide groups is 1. The molecule has 9 heteroatoms. The standard InChI is InChI=1S/C11H17N3O6/c1-5-8(13-14-12)9(19-6(2)15)10(17-4)11(18-5)20-7(3)16/h5,8-11H,1-4H3. The zero-order valence-corrected chi connectivity index (χ0v) is 11.7. The predicted molar refractivity (Wildman–Crippen MR) is 65.4 cm³/mol. The maximum atomic E-state index is 11.2. The van der Waals surface area contributed by atoms with Gasteiger partial charge in [0.15, 0.2) is 6.10 Å². The zero-order chi connectivity index (χ0) is 15.3. The van der Waals surface area contributed by atoms with Gasteiger partial charge in [-0.2, -0.15) is 0 Å². The first-order chi connectivity index (χ1) is 9.40. The highest BCUT2D eigenvalue weighted by Gasteiger charge is 2.48. The summed E-state index contributed by atoms with van der Waals surface area (Å²) in [5.74, 6) is -1.13. The van der Waals surface area contributed by atoms with Gasteiger partial charge in [0.25, 0.3) is 0 Å². The maximum Gasteiger partial charge on any atom is 0.305 e. The molecular weight excluding hydrogens is 270 g/mol. The highest BCUT2D eigenvalue weighted by molar-refractivity contribution is 5.67. The third-order valence-corrected chi connectivity index (χ3v) is 2.80. The number of hydrogen-bond acceptors (Lipinski definition) is 7. The molecular formula is C11H17N3O6. The van der Waals surface area contributed by atoms with Crippen molar-refractivity contribution < 1.29 is 28.5 Å². The molecule has 1 rings (SSSR count). The molecule has 0 N–H and O–H groups in total. The summed E-state index contributed by atoms with van der Waals surface area (Å²) in [6.45, 7) is 4.07. The van der Waals surface area contributed by atoms with Gasteiger partial charge in [0.1, 0.15) is 12.1 Å². The van der Waals surface area contributed by atoms with Crippen molar-refractivity contribution in [2.75, 3.05) is 7.11 Å². The molecule has 1 heterocycles. The number of carbonyl (C=O) groups excluding carboxylic acids is 2. The highest BCUT2D eigenvalue weighted by atomic mass is 16.7. The fourth-order valence-electron chi connectivity index (χ4n) is 2.04. The van der Waals surface area contributed by atoms with Crippen LogP contribution in [0.3, 0.4) is 0 Å². The molecule has 20 heavy (non-hydrogen) atoms. The average molecular weight is 287 g/mol. The quantitative estimate of drug-likeness (QED) is 0.328. The average Bonchev–Trinajstić information content (AvgIpc) is 2.33. The van der Waals surface area contributed by atoms with Crippen LogP contribution in [0.2, 0.25) is 0 Å². The van der Waals surface area contributed by atoms with Gasteiger partial charge in [0, 0.05) is 25.9 Å². The van der Waals surface area contributed by atoms with Crippen LogP contribution in [-0.2, 0) is 28.5 Å². The number of nitrogens with zero attached hydrogens (tertiary/aromatic N) is 3. The summed E-state index contributed by atoms with van der Waals surface area (Å²) < 4.78 is 20.8. The summed E-state index contributed by atoms with van der Waals surface area (Å²) in [7, 11) is 1.35. The molecule has 0 spiro atoms. The number of rotatable bonds is 4. The molecule has 0 aromatic heterocycles. The van der Waals surface area contributed by atoms with Crippen LogP contribution < -0.4 is 0 Å². The fourth-order valence-corrected chi connectivity index (χ4v) is 2.04. The lowest BCUT2D eigenvalue weighted by Crippen LogP contribution is -2.59. The summed E-state index contributed by atoms with van der Waals surface area (Å²) in [5, 5.41) is 3.57. The Morgan fingerprint density at radius 1 is 1.20 bits per heavy atom. The lowest BCUT2D eigenvalue weighted by atomic mass is 9.97. The van der Waals surface area contributed by atoms with Crippen LogP contribution in [0.5, 0.6) is 0 Å². The molecule has 0 amide bonds. The van der Waals surface area contributed by atoms with E-state index in [-0.39, 0.29) is 0 Å². The van der Waals surface area contributed by atoms with Crippen LogP contribution in [0.25, 0.3) is 10.4 Å². The van der Waals surface area contributed by atoms with E-state index in [9.17, 15) is 9.59 Å². The molecule has 5 atom stereocenters. The van der Waals surface area contributed by atoms with E-state index in [0.29, 0.717) is 0 Å². The van der Waals surface area contributed by atoms with Crippen LogP contribution in [-0.4, -0.2) is 49.7 Å². The first kappa shape index (κ1) is 16.2. The Balaban J connectivity index is 3.05. The van der Waals surface area contributed by atoms with Crippen molar-refractivity contribution in [2.45, 2.75) is 51.4 Å². The summed E-state index contributed by atoms with van der Waals surface area (Å²) in [5.41, 5.74) is 8.59. The van der Waals surface area contributed by atoms with Crippen LogP contribution in [0.1, 0.15) is 20.8 Å². The van der Waals surface area contributed by atoms with Gasteiger partial charge in [-0.1, -0.05) is 5.11 Å². The molecule has 0 bridgehead atoms. The first-order valence-electron chi connectivity index (χ1n) is 5.97. The van der Waals surface area contributed by atoms with Crippen LogP contribution >= 0.6 is 0 Å². The molecule has 0 saturated carbocycles. The van der Waals surface area contributed by atoms with E-state index in [0.717, 1.165) is 0 Å². The summed E-state index contributed by atoms with van der Waals surface area (Å²) in [6, 6.07) is -0.777. The molecule has 9 nitrogen and oxygen atoms in total. The van der Waals surface area contributed by atoms with E-state index in [2.05, 4.69) is 10.0 Å². The second kappa shape index (κ2) is 7.09. The number of carbonyl (C=O) groups is 2. The van der Waals surface area contributed by atoms with E-state index < -0.39 is 42.6 Å². The van der Waals surface area contributed by atoms with Gasteiger partial charge in [-0.3, -0.25) is 9.59 Å². The minimum Gasteiger partial charge on any atom is -0.459 e. The topological polar surface area (TPSA) is 120 Å². The van der Waals surface area contributed by atoms with Gasteiger partial charge in [-0.05, 0) is 12.5 Å². The minimum atomic E-state index is -1.04. The van der Waals surface area contributed by atoms with Crippen molar-refractivity contribution in [3.05, 3.63) is 10.4 Å². The molecule has 1 aliphatic heterocycles. The van der Waals surface area contributed by atoms with Crippen molar-refractivity contribution in [3.8, 4) is 0 Å². The summed E-state index contributed by atoms with van der Waals surface area (Å²) >= 11 is 0. The third kappa shape index (κ3) is 3.83. The highest BCUT2D eigenvalue weighted by Crippen LogP contribution is 2.28. The monoisotopic (exact) mass is 287 g/mol. The molecule has 5 unspecified atom stereocenters. The van der Waals surface area contributed by atoms with Crippen molar-refractivity contribution in [3.63, 3.8) is 0 Å². The van der Waals surface area contributed by atoms with Crippen molar-refractivity contribution >= 4 is 11.9 Å². The zero-order valence-electron chi connectivity index (χ0n) is 11.7. The predicted octanol–water partition coefficient (Wildman–Crippen LogP) is 0.920. The Bertz CT molecular complexity index is 422. The molecule has 1 fully saturated rings. The second-order valence-electron chi connectivity index (χ2n) is 4.29. The molecule has 0 aliphatic carbocycles. The van der Waals surface area contributed by atoms with E-state index >= 15 is 0 Å². The first-order valence-corrected chi connectivity index (χ1v) is 5.97. The molecule has 112 valence electrons. The second-order valence-corrected chi connectivity index (χ2v) is 4.29. The van der Waals surface area contributed by atoms with Gasteiger partial charge in [0.2, 0.25) is 6.29 Å². The van der Waals surface area contributed by atoms with E-state index in [1.165, 1.54) is 21.0 Å². The number of esters is 2. The lowest BCUT2D eigenvalue weighted by Gasteiger charge is -2.42. The molecule has 1 aliphatic rings. The number of ether oxygens (including phenoxy) is 4. The molecule has 0 aromatic rings. The number of hydrogen-bond donors (Lipinski definition) is 0. The van der Waals surface area contributed by atoms with Crippen molar-refractivity contribution in [1.82, 2.24) is 0 Å². The van der Waals surface area contributed by atoms with E-state index in [1.54, 1.807) is 6.92 Å². The summed E-state index contributed by atoms with van der Waals surface area (Å²) in [6.07, 6.45) is -3.43. The van der Waals surface area contributed by atoms with Gasteiger partial charge in [-0.15, -0.1) is 0 Å². The van der Waals surface area contributed by atoms with Gasteiger partial charge >= 0.3 is 11.9 Å². The molecule has 0 radical (unpaired) electrons. The maximum absolute atomic E-state index is 11.2. The lowest BCUT2D eigenvalue weighted by molar-refractivity contribution is -0.268. The number of methoxy groups -OCH3 is 1. The van der Waals surface area contributed by atoms with Gasteiger partial charge in [-0.25, -0.2) is 0 Å². The van der Waals surface area contributed by atoms with Crippen LogP contribution in [0.15, 0.2) is 5.11 Å². The smallest absolute Gasteiger partial charge is 0.305 e. The largest absolute Gasteiger partial charge is 0.459 e. The third-order valence-electron chi connectivity index (χ3n) is 2.80. The SMILES string of the molecule is COC1C(OC(C)=O)OC(C)C(N=[N+]=[N-])C1OC(C)=O. The Labute approximate surface area is 115 Å². The van der Waals surface area contributed by atoms with Crippen molar-refractivity contribution in [2.24, 2.45) is 5.11 Å². The Hall–Kier alpha value is -1.83. The normalized spacial score (nSPS) is 32.9. The van der Waals surface area contributed by atoms with E-state index in [1.807, 2.05) is 0 Å². The minimum absolute atomic E-state index is 0.562. The van der Waals surface area contributed by atoms with E-state index in [4.69, 9.17) is 24.5 Å². The Morgan fingerprint density at radius 3 is 2.25 bits per heavy atom. The van der Waals surface area contributed by atoms with Gasteiger partial charge < -0.3 is 18.9 Å². The fraction of sp³-hybridized carbons (Fsp3) is 0.818. The Kier molecular flexibility index (Phi) is 5.75. The Morgan fingerprint density at radius 2 is 1.80 bits per heavy atom. The van der Waals surface area contributed by atoms with Crippen LogP contribution in [0.4, 0.5) is 0 Å². The van der Waals surface area contributed by atoms with Gasteiger partial charge in [0.05, 0.1) is 6.10 Å². The van der Waals surface area contributed by atoms with Crippen molar-refractivity contribution in [1.29, 1.82) is 0 Å². The molecule has 1 saturated heterocycles. The molecule has 0 aromatic carbocycles. The summed E-state index contributed by atoms with van der Waals surface area (Å²) in [4.78, 5) is 25.0.